The van der Waals surface area contributed by atoms with Crippen molar-refractivity contribution in [2.24, 2.45) is 5.92 Å². The minimum absolute atomic E-state index is 0.0337. The summed E-state index contributed by atoms with van der Waals surface area (Å²) in [4.78, 5) is 0. The molecule has 1 aliphatic rings. The van der Waals surface area contributed by atoms with Crippen LogP contribution in [0.2, 0.25) is 0 Å². The first kappa shape index (κ1) is 18.4. The van der Waals surface area contributed by atoms with Gasteiger partial charge in [0, 0.05) is 19.6 Å². The van der Waals surface area contributed by atoms with Crippen LogP contribution in [-0.2, 0) is 20.8 Å². The Labute approximate surface area is 141 Å². The Bertz CT molecular complexity index is 407. The third-order valence-electron chi connectivity index (χ3n) is 4.52. The Hall–Kier alpha value is -0.900. The first-order valence-corrected chi connectivity index (χ1v) is 9.18. The van der Waals surface area contributed by atoms with Crippen molar-refractivity contribution >= 4 is 0 Å². The van der Waals surface area contributed by atoms with Crippen LogP contribution in [0, 0.1) is 5.92 Å². The maximum absolute atomic E-state index is 5.96. The highest BCUT2D eigenvalue weighted by Gasteiger charge is 2.31. The van der Waals surface area contributed by atoms with Gasteiger partial charge >= 0.3 is 0 Å². The number of hydrogen-bond acceptors (Lipinski definition) is 3. The lowest BCUT2D eigenvalue weighted by molar-refractivity contribution is -0.132. The molecule has 3 atom stereocenters. The number of ether oxygens (including phenoxy) is 3. The van der Waals surface area contributed by atoms with Gasteiger partial charge in [0.05, 0.1) is 12.7 Å². The van der Waals surface area contributed by atoms with Crippen LogP contribution in [0.1, 0.15) is 57.9 Å². The zero-order valence-electron chi connectivity index (χ0n) is 14.7. The Morgan fingerprint density at radius 2 is 1.87 bits per heavy atom. The Morgan fingerprint density at radius 3 is 2.65 bits per heavy atom. The van der Waals surface area contributed by atoms with Crippen molar-refractivity contribution in [3.05, 3.63) is 35.9 Å². The molecule has 23 heavy (non-hydrogen) atoms. The monoisotopic (exact) mass is 320 g/mol. The first-order valence-electron chi connectivity index (χ1n) is 9.18. The number of unbranched alkanes of at least 4 members (excludes halogenated alkanes) is 3. The number of benzene rings is 1. The summed E-state index contributed by atoms with van der Waals surface area (Å²) in [6, 6.07) is 10.4. The molecule has 0 N–H and O–H groups in total. The minimum atomic E-state index is 0.0337. The van der Waals surface area contributed by atoms with E-state index in [9.17, 15) is 0 Å². The van der Waals surface area contributed by atoms with Gasteiger partial charge in [0.2, 0.25) is 0 Å². The smallest absolute Gasteiger partial charge is 0.158 e. The third-order valence-corrected chi connectivity index (χ3v) is 4.52. The molecule has 1 saturated heterocycles. The van der Waals surface area contributed by atoms with Crippen molar-refractivity contribution in [1.29, 1.82) is 0 Å². The topological polar surface area (TPSA) is 27.7 Å². The molecule has 1 aliphatic heterocycles. The quantitative estimate of drug-likeness (QED) is 0.540. The van der Waals surface area contributed by atoms with E-state index >= 15 is 0 Å². The van der Waals surface area contributed by atoms with E-state index in [1.165, 1.54) is 24.8 Å². The maximum atomic E-state index is 5.96. The molecular weight excluding hydrogens is 288 g/mol. The summed E-state index contributed by atoms with van der Waals surface area (Å²) >= 11 is 0. The molecule has 0 aromatic heterocycles. The van der Waals surface area contributed by atoms with E-state index in [1.54, 1.807) is 0 Å². The van der Waals surface area contributed by atoms with Gasteiger partial charge < -0.3 is 14.2 Å². The highest BCUT2D eigenvalue weighted by atomic mass is 16.7. The normalized spacial score (nSPS) is 24.2. The molecule has 3 nitrogen and oxygen atoms in total. The molecular formula is C20H32O3. The molecule has 1 heterocycles. The molecule has 0 bridgehead atoms. The predicted molar refractivity (Wildman–Crippen MR) is 93.3 cm³/mol. The van der Waals surface area contributed by atoms with Gasteiger partial charge in [-0.3, -0.25) is 0 Å². The van der Waals surface area contributed by atoms with Crippen LogP contribution in [0.25, 0.3) is 0 Å². The lowest BCUT2D eigenvalue weighted by Crippen LogP contribution is -2.15. The zero-order valence-corrected chi connectivity index (χ0v) is 14.7. The lowest BCUT2D eigenvalue weighted by atomic mass is 9.98. The second-order valence-electron chi connectivity index (χ2n) is 6.51. The largest absolute Gasteiger partial charge is 0.377 e. The standard InChI is InChI=1S/C20H32O3/c1-3-22-20-15-17(2)19(23-20)13-9-4-5-10-14-21-16-18-11-7-6-8-12-18/h6-8,11-12,17,19-20H,3-5,9-10,13-16H2,1-2H3/t17-,19+,20?/m1/s1. The molecule has 1 unspecified atom stereocenters. The van der Waals surface area contributed by atoms with Gasteiger partial charge in [-0.05, 0) is 31.2 Å². The summed E-state index contributed by atoms with van der Waals surface area (Å²) in [6.07, 6.45) is 7.53. The van der Waals surface area contributed by atoms with Crippen molar-refractivity contribution < 1.29 is 14.2 Å². The second-order valence-corrected chi connectivity index (χ2v) is 6.51. The number of rotatable bonds is 11. The van der Waals surface area contributed by atoms with Gasteiger partial charge in [0.1, 0.15) is 0 Å². The molecule has 1 aromatic carbocycles. The fourth-order valence-electron chi connectivity index (χ4n) is 3.15. The fraction of sp³-hybridized carbons (Fsp3) is 0.700. The molecule has 0 amide bonds. The first-order chi connectivity index (χ1) is 11.3. The highest BCUT2D eigenvalue weighted by molar-refractivity contribution is 5.13. The number of hydrogen-bond donors (Lipinski definition) is 0. The van der Waals surface area contributed by atoms with Crippen LogP contribution in [0.5, 0.6) is 0 Å². The van der Waals surface area contributed by atoms with Crippen molar-refractivity contribution in [1.82, 2.24) is 0 Å². The van der Waals surface area contributed by atoms with Crippen LogP contribution in [0.3, 0.4) is 0 Å². The van der Waals surface area contributed by atoms with E-state index in [2.05, 4.69) is 31.2 Å². The second kappa shape index (κ2) is 10.8. The highest BCUT2D eigenvalue weighted by Crippen LogP contribution is 2.30. The van der Waals surface area contributed by atoms with E-state index in [0.717, 1.165) is 39.1 Å². The molecule has 0 saturated carbocycles. The van der Waals surface area contributed by atoms with Crippen LogP contribution in [0.15, 0.2) is 30.3 Å². The average Bonchev–Trinajstić information content (AvgIpc) is 2.91. The third kappa shape index (κ3) is 7.03. The molecule has 1 fully saturated rings. The SMILES string of the molecule is CCOC1C[C@@H](C)[C@H](CCCCCCOCc2ccccc2)O1. The van der Waals surface area contributed by atoms with Crippen molar-refractivity contribution in [3.63, 3.8) is 0 Å². The Balaban J connectivity index is 1.44. The van der Waals surface area contributed by atoms with E-state index in [1.807, 2.05) is 13.0 Å². The molecule has 2 rings (SSSR count). The minimum Gasteiger partial charge on any atom is -0.377 e. The molecule has 130 valence electrons. The molecule has 0 radical (unpaired) electrons. The Morgan fingerprint density at radius 1 is 1.09 bits per heavy atom. The van der Waals surface area contributed by atoms with Gasteiger partial charge in [0.25, 0.3) is 0 Å². The van der Waals surface area contributed by atoms with Crippen LogP contribution < -0.4 is 0 Å². The van der Waals surface area contributed by atoms with Gasteiger partial charge in [0.15, 0.2) is 6.29 Å². The average molecular weight is 320 g/mol. The summed E-state index contributed by atoms with van der Waals surface area (Å²) in [7, 11) is 0. The van der Waals surface area contributed by atoms with Gasteiger partial charge in [-0.25, -0.2) is 0 Å². The van der Waals surface area contributed by atoms with E-state index < -0.39 is 0 Å². The summed E-state index contributed by atoms with van der Waals surface area (Å²) in [5, 5.41) is 0. The summed E-state index contributed by atoms with van der Waals surface area (Å²) < 4.78 is 17.3. The lowest BCUT2D eigenvalue weighted by Gasteiger charge is -2.15. The zero-order chi connectivity index (χ0) is 16.3. The van der Waals surface area contributed by atoms with E-state index in [0.29, 0.717) is 12.0 Å². The summed E-state index contributed by atoms with van der Waals surface area (Å²) in [5.41, 5.74) is 1.25. The van der Waals surface area contributed by atoms with Gasteiger partial charge in [-0.15, -0.1) is 0 Å². The van der Waals surface area contributed by atoms with Crippen molar-refractivity contribution in [2.45, 2.75) is 71.4 Å². The molecule has 1 aromatic rings. The molecule has 3 heteroatoms. The van der Waals surface area contributed by atoms with Crippen LogP contribution >= 0.6 is 0 Å². The van der Waals surface area contributed by atoms with Crippen LogP contribution in [0.4, 0.5) is 0 Å². The molecule has 0 spiro atoms. The van der Waals surface area contributed by atoms with Gasteiger partial charge in [-0.1, -0.05) is 56.5 Å². The van der Waals surface area contributed by atoms with Crippen molar-refractivity contribution in [3.8, 4) is 0 Å². The van der Waals surface area contributed by atoms with E-state index in [4.69, 9.17) is 14.2 Å². The molecule has 0 aliphatic carbocycles. The Kier molecular flexibility index (Phi) is 8.66. The van der Waals surface area contributed by atoms with E-state index in [-0.39, 0.29) is 6.29 Å². The summed E-state index contributed by atoms with van der Waals surface area (Å²) in [6.45, 7) is 6.64. The van der Waals surface area contributed by atoms with Crippen LogP contribution in [-0.4, -0.2) is 25.6 Å². The predicted octanol–water partition coefficient (Wildman–Crippen LogP) is 4.94. The fourth-order valence-corrected chi connectivity index (χ4v) is 3.15. The van der Waals surface area contributed by atoms with Gasteiger partial charge in [-0.2, -0.15) is 0 Å². The maximum Gasteiger partial charge on any atom is 0.158 e. The summed E-state index contributed by atoms with van der Waals surface area (Å²) in [5.74, 6) is 0.626. The van der Waals surface area contributed by atoms with Crippen molar-refractivity contribution in [2.75, 3.05) is 13.2 Å².